The molecule has 9 heteroatoms. The largest absolute Gasteiger partial charge is 0.444 e. The predicted octanol–water partition coefficient (Wildman–Crippen LogP) is 3.48. The summed E-state index contributed by atoms with van der Waals surface area (Å²) >= 11 is 0. The van der Waals surface area contributed by atoms with Crippen LogP contribution in [0.3, 0.4) is 0 Å². The van der Waals surface area contributed by atoms with Gasteiger partial charge in [0.05, 0.1) is 0 Å². The van der Waals surface area contributed by atoms with Gasteiger partial charge in [-0.05, 0) is 61.5 Å². The Hall–Kier alpha value is -3.75. The van der Waals surface area contributed by atoms with E-state index in [9.17, 15) is 9.59 Å². The molecule has 1 aromatic heterocycles. The Bertz CT molecular complexity index is 1040. The summed E-state index contributed by atoms with van der Waals surface area (Å²) < 4.78 is 6.78. The average molecular weight is 394 g/mol. The number of tetrazole rings is 1. The van der Waals surface area contributed by atoms with Gasteiger partial charge in [-0.3, -0.25) is 10.1 Å². The Morgan fingerprint density at radius 2 is 1.69 bits per heavy atom. The van der Waals surface area contributed by atoms with Crippen molar-refractivity contribution < 1.29 is 14.3 Å². The zero-order chi connectivity index (χ0) is 21.0. The first-order chi connectivity index (χ1) is 13.7. The van der Waals surface area contributed by atoms with Crippen LogP contribution in [0.1, 0.15) is 31.1 Å². The molecular weight excluding hydrogens is 372 g/mol. The van der Waals surface area contributed by atoms with E-state index in [4.69, 9.17) is 4.74 Å². The second kappa shape index (κ2) is 8.09. The predicted molar refractivity (Wildman–Crippen MR) is 108 cm³/mol. The van der Waals surface area contributed by atoms with Gasteiger partial charge in [-0.1, -0.05) is 18.2 Å². The van der Waals surface area contributed by atoms with Gasteiger partial charge in [0, 0.05) is 29.5 Å². The summed E-state index contributed by atoms with van der Waals surface area (Å²) in [5.41, 5.74) is 1.62. The maximum absolute atomic E-state index is 12.6. The van der Waals surface area contributed by atoms with Gasteiger partial charge in [0.25, 0.3) is 5.91 Å². The second-order valence-corrected chi connectivity index (χ2v) is 7.37. The van der Waals surface area contributed by atoms with Gasteiger partial charge in [0.15, 0.2) is 5.82 Å². The number of aryl methyl sites for hydroxylation is 1. The molecule has 150 valence electrons. The molecule has 0 unspecified atom stereocenters. The lowest BCUT2D eigenvalue weighted by atomic mass is 10.1. The normalized spacial score (nSPS) is 11.0. The quantitative estimate of drug-likeness (QED) is 0.701. The van der Waals surface area contributed by atoms with Crippen molar-refractivity contribution in [2.24, 2.45) is 7.05 Å². The van der Waals surface area contributed by atoms with Crippen molar-refractivity contribution in [3.63, 3.8) is 0 Å². The van der Waals surface area contributed by atoms with E-state index in [1.165, 1.54) is 0 Å². The number of aromatic nitrogens is 4. The maximum Gasteiger partial charge on any atom is 0.412 e. The minimum absolute atomic E-state index is 0.314. The molecule has 0 fully saturated rings. The van der Waals surface area contributed by atoms with Gasteiger partial charge in [0.1, 0.15) is 5.60 Å². The van der Waals surface area contributed by atoms with Crippen LogP contribution in [0, 0.1) is 0 Å². The molecule has 0 aliphatic rings. The lowest BCUT2D eigenvalue weighted by Crippen LogP contribution is -2.27. The first kappa shape index (κ1) is 20.0. The molecule has 0 radical (unpaired) electrons. The number of anilines is 2. The summed E-state index contributed by atoms with van der Waals surface area (Å²) in [7, 11) is 1.74. The van der Waals surface area contributed by atoms with Gasteiger partial charge in [-0.25, -0.2) is 9.48 Å². The van der Waals surface area contributed by atoms with E-state index in [2.05, 4.69) is 26.2 Å². The third kappa shape index (κ3) is 5.38. The highest BCUT2D eigenvalue weighted by atomic mass is 16.6. The SMILES string of the molecule is Cn1nnnc1-c1cccc(NC(=O)c2cccc(NC(=O)OC(C)(C)C)c2)c1. The van der Waals surface area contributed by atoms with Crippen molar-refractivity contribution in [1.82, 2.24) is 20.2 Å². The van der Waals surface area contributed by atoms with Gasteiger partial charge in [-0.2, -0.15) is 0 Å². The monoisotopic (exact) mass is 394 g/mol. The van der Waals surface area contributed by atoms with Crippen molar-refractivity contribution in [2.75, 3.05) is 10.6 Å². The number of carbonyl (C=O) groups is 2. The zero-order valence-electron chi connectivity index (χ0n) is 16.6. The van der Waals surface area contributed by atoms with Gasteiger partial charge < -0.3 is 10.1 Å². The number of nitrogens with zero attached hydrogens (tertiary/aromatic N) is 4. The molecule has 2 N–H and O–H groups in total. The summed E-state index contributed by atoms with van der Waals surface area (Å²) in [6.07, 6.45) is -0.583. The van der Waals surface area contributed by atoms with E-state index in [1.807, 2.05) is 6.07 Å². The van der Waals surface area contributed by atoms with E-state index in [-0.39, 0.29) is 5.91 Å². The van der Waals surface area contributed by atoms with Crippen LogP contribution in [-0.4, -0.2) is 37.8 Å². The van der Waals surface area contributed by atoms with Gasteiger partial charge >= 0.3 is 6.09 Å². The van der Waals surface area contributed by atoms with Crippen molar-refractivity contribution >= 4 is 23.4 Å². The highest BCUT2D eigenvalue weighted by molar-refractivity contribution is 6.05. The second-order valence-electron chi connectivity index (χ2n) is 7.37. The Kier molecular flexibility index (Phi) is 5.58. The summed E-state index contributed by atoms with van der Waals surface area (Å²) in [6, 6.07) is 13.8. The molecule has 0 saturated heterocycles. The molecule has 1 heterocycles. The Morgan fingerprint density at radius 3 is 2.34 bits per heavy atom. The third-order valence-corrected chi connectivity index (χ3v) is 3.77. The van der Waals surface area contributed by atoms with Crippen LogP contribution in [0.4, 0.5) is 16.2 Å². The first-order valence-corrected chi connectivity index (χ1v) is 8.95. The van der Waals surface area contributed by atoms with Crippen LogP contribution >= 0.6 is 0 Å². The standard InChI is InChI=1S/C20H22N6O3/c1-20(2,3)29-19(28)22-16-10-6-8-14(12-16)18(27)21-15-9-5-7-13(11-15)17-23-24-25-26(17)4/h5-12H,1-4H3,(H,21,27)(H,22,28). The average Bonchev–Trinajstić information content (AvgIpc) is 3.06. The summed E-state index contributed by atoms with van der Waals surface area (Å²) in [5.74, 6) is 0.274. The molecule has 29 heavy (non-hydrogen) atoms. The number of hydrogen-bond donors (Lipinski definition) is 2. The summed E-state index contributed by atoms with van der Waals surface area (Å²) in [6.45, 7) is 5.34. The van der Waals surface area contributed by atoms with Crippen LogP contribution in [0.5, 0.6) is 0 Å². The number of benzene rings is 2. The molecule has 0 saturated carbocycles. The van der Waals surface area contributed by atoms with E-state index < -0.39 is 11.7 Å². The van der Waals surface area contributed by atoms with Crippen LogP contribution in [0.25, 0.3) is 11.4 Å². The highest BCUT2D eigenvalue weighted by Crippen LogP contribution is 2.21. The van der Waals surface area contributed by atoms with Crippen LogP contribution in [0.15, 0.2) is 48.5 Å². The van der Waals surface area contributed by atoms with Crippen molar-refractivity contribution in [3.8, 4) is 11.4 Å². The first-order valence-electron chi connectivity index (χ1n) is 8.95. The Morgan fingerprint density at radius 1 is 1.00 bits per heavy atom. The minimum atomic E-state index is -0.609. The fraction of sp³-hybridized carbons (Fsp3) is 0.250. The van der Waals surface area contributed by atoms with E-state index in [1.54, 1.807) is 75.0 Å². The molecule has 9 nitrogen and oxygen atoms in total. The van der Waals surface area contributed by atoms with E-state index in [0.717, 1.165) is 5.56 Å². The molecule has 3 rings (SSSR count). The number of rotatable bonds is 4. The smallest absolute Gasteiger partial charge is 0.412 e. The Balaban J connectivity index is 1.72. The Labute approximate surface area is 168 Å². The fourth-order valence-electron chi connectivity index (χ4n) is 2.57. The van der Waals surface area contributed by atoms with Crippen molar-refractivity contribution in [3.05, 3.63) is 54.1 Å². The molecule has 0 atom stereocenters. The zero-order valence-corrected chi connectivity index (χ0v) is 16.6. The fourth-order valence-corrected chi connectivity index (χ4v) is 2.57. The molecular formula is C20H22N6O3. The number of hydrogen-bond acceptors (Lipinski definition) is 6. The van der Waals surface area contributed by atoms with E-state index >= 15 is 0 Å². The van der Waals surface area contributed by atoms with Crippen molar-refractivity contribution in [2.45, 2.75) is 26.4 Å². The molecule has 0 spiro atoms. The van der Waals surface area contributed by atoms with Crippen LogP contribution < -0.4 is 10.6 Å². The highest BCUT2D eigenvalue weighted by Gasteiger charge is 2.17. The summed E-state index contributed by atoms with van der Waals surface area (Å²) in [5, 5.41) is 16.9. The van der Waals surface area contributed by atoms with Crippen molar-refractivity contribution in [1.29, 1.82) is 0 Å². The number of ether oxygens (including phenoxy) is 1. The molecule has 2 aromatic carbocycles. The topological polar surface area (TPSA) is 111 Å². The third-order valence-electron chi connectivity index (χ3n) is 3.77. The maximum atomic E-state index is 12.6. The molecule has 0 aliphatic carbocycles. The van der Waals surface area contributed by atoms with Crippen LogP contribution in [0.2, 0.25) is 0 Å². The molecule has 0 bridgehead atoms. The molecule has 3 aromatic rings. The van der Waals surface area contributed by atoms with Gasteiger partial charge in [0.2, 0.25) is 0 Å². The number of carbonyl (C=O) groups excluding carboxylic acids is 2. The van der Waals surface area contributed by atoms with E-state index in [0.29, 0.717) is 22.8 Å². The van der Waals surface area contributed by atoms with Gasteiger partial charge in [-0.15, -0.1) is 5.10 Å². The number of nitrogens with one attached hydrogen (secondary N) is 2. The number of amides is 2. The lowest BCUT2D eigenvalue weighted by Gasteiger charge is -2.19. The minimum Gasteiger partial charge on any atom is -0.444 e. The summed E-state index contributed by atoms with van der Waals surface area (Å²) in [4.78, 5) is 24.6. The lowest BCUT2D eigenvalue weighted by molar-refractivity contribution is 0.0635. The molecule has 0 aliphatic heterocycles. The van der Waals surface area contributed by atoms with Crippen LogP contribution in [-0.2, 0) is 11.8 Å². The molecule has 2 amide bonds.